The number of carbonyl (C=O) groups excluding carboxylic acids is 2. The average molecular weight is 495 g/mol. The first-order valence-corrected chi connectivity index (χ1v) is 13.6. The number of anilines is 1. The fraction of sp³-hybridized carbons (Fsp3) is 0.364. The molecule has 2 aromatic rings. The second kappa shape index (κ2) is 9.62. The molecule has 0 saturated carbocycles. The van der Waals surface area contributed by atoms with E-state index >= 15 is 0 Å². The largest absolute Gasteiger partial charge is 0.456 e. The number of ketones is 1. The Morgan fingerprint density at radius 1 is 1.03 bits per heavy atom. The van der Waals surface area contributed by atoms with Gasteiger partial charge in [-0.05, 0) is 73.7 Å². The van der Waals surface area contributed by atoms with Gasteiger partial charge in [0.1, 0.15) is 6.54 Å². The summed E-state index contributed by atoms with van der Waals surface area (Å²) in [6.07, 6.45) is 2.39. The maximum absolute atomic E-state index is 12.5. The monoisotopic (exact) mass is 494 g/mol. The van der Waals surface area contributed by atoms with E-state index in [0.29, 0.717) is 25.1 Å². The van der Waals surface area contributed by atoms with Crippen LogP contribution in [0.2, 0.25) is 0 Å². The zero-order valence-corrected chi connectivity index (χ0v) is 20.3. The van der Waals surface area contributed by atoms with E-state index in [1.807, 2.05) is 6.92 Å². The molecular formula is C22H26N2O7S2. The number of ether oxygens (including phenoxy) is 1. The van der Waals surface area contributed by atoms with Crippen molar-refractivity contribution in [3.05, 3.63) is 58.7 Å². The predicted octanol–water partition coefficient (Wildman–Crippen LogP) is 1.72. The highest BCUT2D eigenvalue weighted by molar-refractivity contribution is 7.92. The van der Waals surface area contributed by atoms with Gasteiger partial charge in [0, 0.05) is 12.1 Å². The summed E-state index contributed by atoms with van der Waals surface area (Å²) in [5.74, 6) is -1.36. The van der Waals surface area contributed by atoms with E-state index in [1.54, 1.807) is 25.1 Å². The van der Waals surface area contributed by atoms with Crippen molar-refractivity contribution >= 4 is 37.5 Å². The first kappa shape index (κ1) is 24.9. The van der Waals surface area contributed by atoms with Crippen LogP contribution in [0, 0.1) is 13.8 Å². The summed E-state index contributed by atoms with van der Waals surface area (Å²) in [6.45, 7) is 2.86. The van der Waals surface area contributed by atoms with Gasteiger partial charge in [-0.3, -0.25) is 13.9 Å². The smallest absolute Gasteiger partial charge is 0.321 e. The standard InChI is InChI=1S/C22H26N2O7S2/c1-15-6-8-19(11-16(15)2)33(29,30)23-13-22(26)31-14-21(25)18-7-9-20-17(12-18)5-4-10-24(20)32(3,27)28/h6-9,11-12,23H,4-5,10,13-14H2,1-3H3. The third-order valence-electron chi connectivity index (χ3n) is 5.44. The molecule has 0 aromatic heterocycles. The molecule has 0 unspecified atom stereocenters. The number of esters is 1. The number of benzene rings is 2. The Morgan fingerprint density at radius 2 is 1.76 bits per heavy atom. The molecule has 0 amide bonds. The lowest BCUT2D eigenvalue weighted by Crippen LogP contribution is -2.34. The Balaban J connectivity index is 1.58. The van der Waals surface area contributed by atoms with Crippen LogP contribution in [0.25, 0.3) is 0 Å². The molecule has 33 heavy (non-hydrogen) atoms. The summed E-state index contributed by atoms with van der Waals surface area (Å²) in [5, 5.41) is 0. The molecule has 1 N–H and O–H groups in total. The molecular weight excluding hydrogens is 468 g/mol. The van der Waals surface area contributed by atoms with Gasteiger partial charge in [0.2, 0.25) is 20.0 Å². The number of nitrogens with zero attached hydrogens (tertiary/aromatic N) is 1. The predicted molar refractivity (Wildman–Crippen MR) is 123 cm³/mol. The molecule has 11 heteroatoms. The number of Topliss-reactive ketones (excluding diaryl/α,β-unsaturated/α-hetero) is 1. The van der Waals surface area contributed by atoms with Crippen molar-refractivity contribution in [3.8, 4) is 0 Å². The van der Waals surface area contributed by atoms with Gasteiger partial charge >= 0.3 is 5.97 Å². The number of nitrogens with one attached hydrogen (secondary N) is 1. The van der Waals surface area contributed by atoms with Gasteiger partial charge in [-0.2, -0.15) is 4.72 Å². The molecule has 0 bridgehead atoms. The minimum atomic E-state index is -3.90. The zero-order valence-electron chi connectivity index (χ0n) is 18.6. The topological polar surface area (TPSA) is 127 Å². The summed E-state index contributed by atoms with van der Waals surface area (Å²) < 4.78 is 57.0. The number of sulfonamides is 2. The molecule has 0 saturated heterocycles. The molecule has 178 valence electrons. The van der Waals surface area contributed by atoms with Crippen LogP contribution < -0.4 is 9.03 Å². The van der Waals surface area contributed by atoms with E-state index in [2.05, 4.69) is 4.72 Å². The molecule has 0 fully saturated rings. The SMILES string of the molecule is Cc1ccc(S(=O)(=O)NCC(=O)OCC(=O)c2ccc3c(c2)CCCN3S(C)(=O)=O)cc1C. The molecule has 2 aromatic carbocycles. The number of fused-ring (bicyclic) bond motifs is 1. The van der Waals surface area contributed by atoms with Crippen molar-refractivity contribution in [3.63, 3.8) is 0 Å². The van der Waals surface area contributed by atoms with Gasteiger partial charge in [0.05, 0.1) is 16.8 Å². The number of rotatable bonds is 8. The van der Waals surface area contributed by atoms with Crippen LogP contribution in [0.5, 0.6) is 0 Å². The van der Waals surface area contributed by atoms with E-state index in [-0.39, 0.29) is 10.5 Å². The third-order valence-corrected chi connectivity index (χ3v) is 8.02. The summed E-state index contributed by atoms with van der Waals surface area (Å²) >= 11 is 0. The molecule has 1 aliphatic heterocycles. The highest BCUT2D eigenvalue weighted by Gasteiger charge is 2.25. The van der Waals surface area contributed by atoms with Crippen LogP contribution in [0.4, 0.5) is 5.69 Å². The van der Waals surface area contributed by atoms with Crippen LogP contribution in [-0.2, 0) is 36.0 Å². The lowest BCUT2D eigenvalue weighted by Gasteiger charge is -2.29. The summed E-state index contributed by atoms with van der Waals surface area (Å²) in [7, 11) is -7.32. The van der Waals surface area contributed by atoms with E-state index in [1.165, 1.54) is 22.5 Å². The van der Waals surface area contributed by atoms with Crippen LogP contribution in [0.1, 0.15) is 33.5 Å². The van der Waals surface area contributed by atoms with Crippen molar-refractivity contribution in [1.29, 1.82) is 0 Å². The lowest BCUT2D eigenvalue weighted by atomic mass is 9.99. The third kappa shape index (κ3) is 5.98. The number of aryl methyl sites for hydroxylation is 3. The Bertz CT molecular complexity index is 1300. The van der Waals surface area contributed by atoms with Crippen molar-refractivity contribution in [2.75, 3.05) is 30.3 Å². The molecule has 9 nitrogen and oxygen atoms in total. The van der Waals surface area contributed by atoms with Gasteiger partial charge in [-0.25, -0.2) is 16.8 Å². The van der Waals surface area contributed by atoms with Crippen molar-refractivity contribution in [2.45, 2.75) is 31.6 Å². The molecule has 1 aliphatic rings. The fourth-order valence-electron chi connectivity index (χ4n) is 3.48. The molecule has 1 heterocycles. The van der Waals surface area contributed by atoms with E-state index in [9.17, 15) is 26.4 Å². The number of hydrogen-bond acceptors (Lipinski definition) is 7. The van der Waals surface area contributed by atoms with Crippen LogP contribution in [0.3, 0.4) is 0 Å². The Kier molecular flexibility index (Phi) is 7.25. The summed E-state index contributed by atoms with van der Waals surface area (Å²) in [4.78, 5) is 24.5. The van der Waals surface area contributed by atoms with Gasteiger partial charge in [-0.15, -0.1) is 0 Å². The van der Waals surface area contributed by atoms with Gasteiger partial charge in [-0.1, -0.05) is 6.07 Å². The minimum absolute atomic E-state index is 0.0340. The van der Waals surface area contributed by atoms with Crippen molar-refractivity contribution in [1.82, 2.24) is 4.72 Å². The average Bonchev–Trinajstić information content (AvgIpc) is 2.76. The van der Waals surface area contributed by atoms with Crippen molar-refractivity contribution in [2.24, 2.45) is 0 Å². The Morgan fingerprint density at radius 3 is 2.42 bits per heavy atom. The zero-order chi connectivity index (χ0) is 24.4. The van der Waals surface area contributed by atoms with E-state index in [0.717, 1.165) is 22.9 Å². The summed E-state index contributed by atoms with van der Waals surface area (Å²) in [6, 6.07) is 9.29. The molecule has 0 radical (unpaired) electrons. The fourth-order valence-corrected chi connectivity index (χ4v) is 5.53. The Labute approximate surface area is 193 Å². The van der Waals surface area contributed by atoms with Crippen molar-refractivity contribution < 1.29 is 31.2 Å². The molecule has 0 atom stereocenters. The van der Waals surface area contributed by atoms with Gasteiger partial charge < -0.3 is 4.74 Å². The Hall–Kier alpha value is -2.76. The maximum Gasteiger partial charge on any atom is 0.321 e. The highest BCUT2D eigenvalue weighted by atomic mass is 32.2. The van der Waals surface area contributed by atoms with Crippen LogP contribution in [0.15, 0.2) is 41.3 Å². The lowest BCUT2D eigenvalue weighted by molar-refractivity contribution is -0.141. The first-order valence-electron chi connectivity index (χ1n) is 10.2. The van der Waals surface area contributed by atoms with Crippen LogP contribution >= 0.6 is 0 Å². The minimum Gasteiger partial charge on any atom is -0.456 e. The van der Waals surface area contributed by atoms with E-state index < -0.39 is 45.0 Å². The molecule has 3 rings (SSSR count). The molecule has 0 spiro atoms. The number of hydrogen-bond donors (Lipinski definition) is 1. The van der Waals surface area contributed by atoms with E-state index in [4.69, 9.17) is 4.74 Å². The second-order valence-corrected chi connectivity index (χ2v) is 11.6. The second-order valence-electron chi connectivity index (χ2n) is 7.94. The molecule has 0 aliphatic carbocycles. The normalized spacial score (nSPS) is 14.0. The number of carbonyl (C=O) groups is 2. The maximum atomic E-state index is 12.5. The first-order chi connectivity index (χ1) is 15.4. The van der Waals surface area contributed by atoms with Gasteiger partial charge in [0.25, 0.3) is 0 Å². The van der Waals surface area contributed by atoms with Crippen LogP contribution in [-0.4, -0.2) is 54.5 Å². The highest BCUT2D eigenvalue weighted by Crippen LogP contribution is 2.30. The quantitative estimate of drug-likeness (QED) is 0.437. The summed E-state index contributed by atoms with van der Waals surface area (Å²) in [5.41, 5.74) is 3.30. The van der Waals surface area contributed by atoms with Gasteiger partial charge in [0.15, 0.2) is 12.4 Å².